The summed E-state index contributed by atoms with van der Waals surface area (Å²) in [5.41, 5.74) is 2.41. The van der Waals surface area contributed by atoms with Gasteiger partial charge in [0.25, 0.3) is 5.91 Å². The molecule has 0 fully saturated rings. The van der Waals surface area contributed by atoms with Crippen molar-refractivity contribution in [1.82, 2.24) is 5.32 Å². The van der Waals surface area contributed by atoms with Crippen LogP contribution < -0.4 is 15.4 Å². The number of ether oxygens (including phenoxy) is 1. The number of rotatable bonds is 6. The summed E-state index contributed by atoms with van der Waals surface area (Å²) in [6, 6.07) is 9.45. The fourth-order valence-electron chi connectivity index (χ4n) is 2.49. The number of methoxy groups -OCH3 is 1. The van der Waals surface area contributed by atoms with E-state index in [-0.39, 0.29) is 23.5 Å². The lowest BCUT2D eigenvalue weighted by molar-refractivity contribution is -0.385. The number of aryl methyl sites for hydroxylation is 2. The van der Waals surface area contributed by atoms with Gasteiger partial charge in [-0.05, 0) is 49.2 Å². The quantitative estimate of drug-likeness (QED) is 0.610. The van der Waals surface area contributed by atoms with Crippen molar-refractivity contribution in [2.75, 3.05) is 19.0 Å². The molecule has 2 aromatic carbocycles. The molecule has 0 radical (unpaired) electrons. The van der Waals surface area contributed by atoms with Gasteiger partial charge < -0.3 is 15.4 Å². The van der Waals surface area contributed by atoms with E-state index in [2.05, 4.69) is 10.6 Å². The normalized spacial score (nSPS) is 10.1. The Labute approximate surface area is 150 Å². The van der Waals surface area contributed by atoms with Crippen LogP contribution in [0.2, 0.25) is 0 Å². The van der Waals surface area contributed by atoms with Gasteiger partial charge in [0.2, 0.25) is 5.91 Å². The number of hydrogen-bond donors (Lipinski definition) is 2. The average molecular weight is 357 g/mol. The molecule has 0 saturated heterocycles. The number of carbonyl (C=O) groups excluding carboxylic acids is 2. The molecule has 0 aliphatic carbocycles. The minimum Gasteiger partial charge on any atom is -0.490 e. The van der Waals surface area contributed by atoms with E-state index < -0.39 is 16.7 Å². The topological polar surface area (TPSA) is 111 Å². The predicted molar refractivity (Wildman–Crippen MR) is 96.5 cm³/mol. The Morgan fingerprint density at radius 2 is 1.77 bits per heavy atom. The maximum atomic E-state index is 12.1. The van der Waals surface area contributed by atoms with Crippen molar-refractivity contribution in [1.29, 1.82) is 0 Å². The molecule has 0 saturated carbocycles. The Morgan fingerprint density at radius 3 is 2.35 bits per heavy atom. The molecule has 2 amide bonds. The van der Waals surface area contributed by atoms with Gasteiger partial charge in [-0.2, -0.15) is 0 Å². The Hall–Kier alpha value is -3.42. The number of anilines is 1. The first-order valence-electron chi connectivity index (χ1n) is 7.79. The van der Waals surface area contributed by atoms with Gasteiger partial charge in [0.15, 0.2) is 5.75 Å². The Bertz CT molecular complexity index is 844. The van der Waals surface area contributed by atoms with Crippen LogP contribution in [0.15, 0.2) is 36.4 Å². The van der Waals surface area contributed by atoms with E-state index in [1.165, 1.54) is 19.2 Å². The molecule has 0 aromatic heterocycles. The Kier molecular flexibility index (Phi) is 5.90. The van der Waals surface area contributed by atoms with Crippen LogP contribution in [0.25, 0.3) is 0 Å². The molecular formula is C18H19N3O5. The zero-order chi connectivity index (χ0) is 19.3. The number of nitro groups is 1. The van der Waals surface area contributed by atoms with Gasteiger partial charge >= 0.3 is 5.69 Å². The fourth-order valence-corrected chi connectivity index (χ4v) is 2.49. The Morgan fingerprint density at radius 1 is 1.12 bits per heavy atom. The number of nitro benzene ring substituents is 1. The second-order valence-electron chi connectivity index (χ2n) is 5.75. The highest BCUT2D eigenvalue weighted by atomic mass is 16.6. The largest absolute Gasteiger partial charge is 0.490 e. The van der Waals surface area contributed by atoms with Crippen molar-refractivity contribution in [3.05, 3.63) is 63.2 Å². The summed E-state index contributed by atoms with van der Waals surface area (Å²) in [6.07, 6.45) is 0. The van der Waals surface area contributed by atoms with Crippen LogP contribution in [-0.2, 0) is 4.79 Å². The van der Waals surface area contributed by atoms with E-state index in [0.717, 1.165) is 17.2 Å². The van der Waals surface area contributed by atoms with Crippen LogP contribution in [0.3, 0.4) is 0 Å². The van der Waals surface area contributed by atoms with Crippen LogP contribution >= 0.6 is 0 Å². The molecule has 8 heteroatoms. The lowest BCUT2D eigenvalue weighted by atomic mass is 10.1. The minimum absolute atomic E-state index is 0.0547. The first kappa shape index (κ1) is 18.9. The minimum atomic E-state index is -0.637. The number of nitrogens with zero attached hydrogens (tertiary/aromatic N) is 1. The van der Waals surface area contributed by atoms with Gasteiger partial charge in [0.05, 0.1) is 18.6 Å². The summed E-state index contributed by atoms with van der Waals surface area (Å²) < 4.78 is 4.89. The van der Waals surface area contributed by atoms with Crippen molar-refractivity contribution < 1.29 is 19.2 Å². The van der Waals surface area contributed by atoms with Gasteiger partial charge in [-0.3, -0.25) is 19.7 Å². The van der Waals surface area contributed by atoms with Gasteiger partial charge in [-0.15, -0.1) is 0 Å². The smallest absolute Gasteiger partial charge is 0.311 e. The highest BCUT2D eigenvalue weighted by molar-refractivity contribution is 5.99. The number of hydrogen-bond acceptors (Lipinski definition) is 5. The fraction of sp³-hybridized carbons (Fsp3) is 0.222. The molecule has 0 aliphatic rings. The van der Waals surface area contributed by atoms with Crippen molar-refractivity contribution in [2.24, 2.45) is 0 Å². The van der Waals surface area contributed by atoms with Gasteiger partial charge in [0, 0.05) is 17.3 Å². The van der Waals surface area contributed by atoms with Gasteiger partial charge in [0.1, 0.15) is 0 Å². The zero-order valence-electron chi connectivity index (χ0n) is 14.7. The van der Waals surface area contributed by atoms with E-state index >= 15 is 0 Å². The third-order valence-corrected chi connectivity index (χ3v) is 3.55. The lowest BCUT2D eigenvalue weighted by Crippen LogP contribution is -2.32. The molecule has 26 heavy (non-hydrogen) atoms. The maximum absolute atomic E-state index is 12.1. The SMILES string of the molecule is COc1ccc(C(=O)NCC(=O)Nc2cc(C)cc(C)c2)cc1[N+](=O)[O-]. The van der Waals surface area contributed by atoms with Crippen molar-refractivity contribution in [3.63, 3.8) is 0 Å². The third-order valence-electron chi connectivity index (χ3n) is 3.55. The summed E-state index contributed by atoms with van der Waals surface area (Å²) in [7, 11) is 1.30. The van der Waals surface area contributed by atoms with Gasteiger partial charge in [-0.1, -0.05) is 6.07 Å². The highest BCUT2D eigenvalue weighted by Gasteiger charge is 2.18. The van der Waals surface area contributed by atoms with Crippen LogP contribution in [0, 0.1) is 24.0 Å². The van der Waals surface area contributed by atoms with E-state index in [0.29, 0.717) is 5.69 Å². The van der Waals surface area contributed by atoms with E-state index in [9.17, 15) is 19.7 Å². The van der Waals surface area contributed by atoms with Crippen molar-refractivity contribution in [3.8, 4) is 5.75 Å². The molecule has 0 aliphatic heterocycles. The summed E-state index contributed by atoms with van der Waals surface area (Å²) in [5.74, 6) is -0.934. The molecule has 2 rings (SSSR count). The summed E-state index contributed by atoms with van der Waals surface area (Å²) in [6.45, 7) is 3.58. The molecular weight excluding hydrogens is 338 g/mol. The van der Waals surface area contributed by atoms with E-state index in [4.69, 9.17) is 4.74 Å². The summed E-state index contributed by atoms with van der Waals surface area (Å²) in [4.78, 5) is 34.5. The molecule has 0 heterocycles. The molecule has 0 atom stereocenters. The second kappa shape index (κ2) is 8.11. The Balaban J connectivity index is 2.00. The molecule has 8 nitrogen and oxygen atoms in total. The van der Waals surface area contributed by atoms with Crippen LogP contribution in [0.5, 0.6) is 5.75 Å². The summed E-state index contributed by atoms with van der Waals surface area (Å²) >= 11 is 0. The zero-order valence-corrected chi connectivity index (χ0v) is 14.7. The highest BCUT2D eigenvalue weighted by Crippen LogP contribution is 2.27. The van der Waals surface area contributed by atoms with Crippen molar-refractivity contribution in [2.45, 2.75) is 13.8 Å². The second-order valence-corrected chi connectivity index (χ2v) is 5.75. The van der Waals surface area contributed by atoms with E-state index in [1.807, 2.05) is 32.0 Å². The van der Waals surface area contributed by atoms with Crippen molar-refractivity contribution >= 4 is 23.2 Å². The van der Waals surface area contributed by atoms with E-state index in [1.54, 1.807) is 0 Å². The lowest BCUT2D eigenvalue weighted by Gasteiger charge is -2.09. The summed E-state index contributed by atoms with van der Waals surface area (Å²) in [5, 5.41) is 16.1. The molecule has 2 N–H and O–H groups in total. The molecule has 0 bridgehead atoms. The first-order chi connectivity index (χ1) is 12.3. The predicted octanol–water partition coefficient (Wildman–Crippen LogP) is 2.59. The van der Waals surface area contributed by atoms with Gasteiger partial charge in [-0.25, -0.2) is 0 Å². The number of amides is 2. The van der Waals surface area contributed by atoms with Crippen LogP contribution in [-0.4, -0.2) is 30.4 Å². The third kappa shape index (κ3) is 4.79. The number of benzene rings is 2. The molecule has 2 aromatic rings. The standard InChI is InChI=1S/C18H19N3O5/c1-11-6-12(2)8-14(7-11)20-17(22)10-19-18(23)13-4-5-16(26-3)15(9-13)21(24)25/h4-9H,10H2,1-3H3,(H,19,23)(H,20,22). The molecule has 136 valence electrons. The number of nitrogens with one attached hydrogen (secondary N) is 2. The molecule has 0 unspecified atom stereocenters. The number of carbonyl (C=O) groups is 2. The molecule has 0 spiro atoms. The first-order valence-corrected chi connectivity index (χ1v) is 7.79. The van der Waals surface area contributed by atoms with Crippen LogP contribution in [0.4, 0.5) is 11.4 Å². The van der Waals surface area contributed by atoms with Crippen LogP contribution in [0.1, 0.15) is 21.5 Å². The maximum Gasteiger partial charge on any atom is 0.311 e. The average Bonchev–Trinajstić information content (AvgIpc) is 2.58. The monoisotopic (exact) mass is 357 g/mol.